The predicted molar refractivity (Wildman–Crippen MR) is 95.8 cm³/mol. The zero-order chi connectivity index (χ0) is 18.4. The van der Waals surface area contributed by atoms with Gasteiger partial charge >= 0.3 is 5.97 Å². The molecular formula is C17H15BrN2O5. The molecule has 0 saturated carbocycles. The molecule has 0 bridgehead atoms. The molecule has 25 heavy (non-hydrogen) atoms. The van der Waals surface area contributed by atoms with Gasteiger partial charge in [-0.25, -0.2) is 4.79 Å². The van der Waals surface area contributed by atoms with Crippen molar-refractivity contribution >= 4 is 39.2 Å². The predicted octanol–water partition coefficient (Wildman–Crippen LogP) is 4.18. The van der Waals surface area contributed by atoms with Gasteiger partial charge in [0.2, 0.25) is 0 Å². The highest BCUT2D eigenvalue weighted by atomic mass is 79.9. The van der Waals surface area contributed by atoms with Crippen molar-refractivity contribution in [1.29, 1.82) is 0 Å². The van der Waals surface area contributed by atoms with Crippen LogP contribution in [0.25, 0.3) is 0 Å². The van der Waals surface area contributed by atoms with Gasteiger partial charge in [0.1, 0.15) is 0 Å². The standard InChI is InChI=1S/C17H15BrN2O5/c1-2-9-25-17(22)13-8-7-11(20(23)24)10-15(13)19-16(21)12-5-3-4-6-14(12)18/h3-8,10H,2,9H2,1H3,(H,19,21). The molecule has 0 fully saturated rings. The van der Waals surface area contributed by atoms with E-state index in [1.165, 1.54) is 12.1 Å². The number of amides is 1. The third-order valence-corrected chi connectivity index (χ3v) is 3.93. The Labute approximate surface area is 152 Å². The van der Waals surface area contributed by atoms with Crippen molar-refractivity contribution in [3.05, 3.63) is 68.2 Å². The summed E-state index contributed by atoms with van der Waals surface area (Å²) in [4.78, 5) is 35.0. The van der Waals surface area contributed by atoms with Crippen LogP contribution >= 0.6 is 15.9 Å². The van der Waals surface area contributed by atoms with Gasteiger partial charge in [-0.05, 0) is 40.5 Å². The number of benzene rings is 2. The Morgan fingerprint density at radius 1 is 1.20 bits per heavy atom. The first-order valence-electron chi connectivity index (χ1n) is 7.45. The third kappa shape index (κ3) is 4.63. The Morgan fingerprint density at radius 2 is 1.92 bits per heavy atom. The first-order valence-corrected chi connectivity index (χ1v) is 8.24. The fourth-order valence-corrected chi connectivity index (χ4v) is 2.50. The number of carbonyl (C=O) groups is 2. The number of nitrogens with one attached hydrogen (secondary N) is 1. The van der Waals surface area contributed by atoms with Crippen LogP contribution in [0, 0.1) is 10.1 Å². The van der Waals surface area contributed by atoms with Crippen molar-refractivity contribution in [2.24, 2.45) is 0 Å². The van der Waals surface area contributed by atoms with Gasteiger partial charge < -0.3 is 10.1 Å². The summed E-state index contributed by atoms with van der Waals surface area (Å²) in [6.45, 7) is 2.06. The number of esters is 1. The Bertz CT molecular complexity index is 822. The van der Waals surface area contributed by atoms with Gasteiger partial charge in [-0.15, -0.1) is 0 Å². The molecule has 2 rings (SSSR count). The first kappa shape index (κ1) is 18.6. The summed E-state index contributed by atoms with van der Waals surface area (Å²) in [5.74, 6) is -1.16. The fourth-order valence-electron chi connectivity index (χ4n) is 2.03. The molecule has 0 heterocycles. The lowest BCUT2D eigenvalue weighted by Crippen LogP contribution is -2.16. The van der Waals surface area contributed by atoms with Crippen molar-refractivity contribution in [2.75, 3.05) is 11.9 Å². The maximum Gasteiger partial charge on any atom is 0.340 e. The molecule has 0 unspecified atom stereocenters. The Hall–Kier alpha value is -2.74. The van der Waals surface area contributed by atoms with E-state index in [0.717, 1.165) is 6.07 Å². The minimum atomic E-state index is -0.654. The molecule has 0 aliphatic heterocycles. The second-order valence-electron chi connectivity index (χ2n) is 5.06. The number of nitrogens with zero attached hydrogens (tertiary/aromatic N) is 1. The highest BCUT2D eigenvalue weighted by molar-refractivity contribution is 9.10. The van der Waals surface area contributed by atoms with Crippen molar-refractivity contribution < 1.29 is 19.2 Å². The van der Waals surface area contributed by atoms with Crippen LogP contribution in [0.2, 0.25) is 0 Å². The molecule has 0 spiro atoms. The van der Waals surface area contributed by atoms with Crippen LogP contribution in [0.4, 0.5) is 11.4 Å². The van der Waals surface area contributed by atoms with E-state index in [1.54, 1.807) is 24.3 Å². The molecule has 0 aromatic heterocycles. The van der Waals surface area contributed by atoms with E-state index in [9.17, 15) is 19.7 Å². The number of ether oxygens (including phenoxy) is 1. The average Bonchev–Trinajstić information content (AvgIpc) is 2.59. The lowest BCUT2D eigenvalue weighted by molar-refractivity contribution is -0.384. The molecule has 2 aromatic carbocycles. The van der Waals surface area contributed by atoms with E-state index >= 15 is 0 Å². The highest BCUT2D eigenvalue weighted by Crippen LogP contribution is 2.25. The van der Waals surface area contributed by atoms with E-state index < -0.39 is 16.8 Å². The second kappa shape index (κ2) is 8.39. The molecule has 0 aliphatic rings. The number of non-ortho nitro benzene ring substituents is 1. The largest absolute Gasteiger partial charge is 0.462 e. The number of nitro benzene ring substituents is 1. The van der Waals surface area contributed by atoms with Crippen molar-refractivity contribution in [3.8, 4) is 0 Å². The summed E-state index contributed by atoms with van der Waals surface area (Å²) in [7, 11) is 0. The average molecular weight is 407 g/mol. The number of hydrogen-bond donors (Lipinski definition) is 1. The smallest absolute Gasteiger partial charge is 0.340 e. The van der Waals surface area contributed by atoms with Crippen LogP contribution in [0.1, 0.15) is 34.1 Å². The molecule has 1 N–H and O–H groups in total. The van der Waals surface area contributed by atoms with E-state index in [2.05, 4.69) is 21.2 Å². The lowest BCUT2D eigenvalue weighted by atomic mass is 10.1. The van der Waals surface area contributed by atoms with Crippen LogP contribution in [0.3, 0.4) is 0 Å². The summed E-state index contributed by atoms with van der Waals surface area (Å²) in [5, 5.41) is 13.5. The molecule has 0 atom stereocenters. The topological polar surface area (TPSA) is 98.5 Å². The van der Waals surface area contributed by atoms with Crippen LogP contribution in [0.15, 0.2) is 46.9 Å². The van der Waals surface area contributed by atoms with Gasteiger partial charge in [-0.3, -0.25) is 14.9 Å². The van der Waals surface area contributed by atoms with Crippen molar-refractivity contribution in [3.63, 3.8) is 0 Å². The van der Waals surface area contributed by atoms with E-state index in [-0.39, 0.29) is 23.5 Å². The van der Waals surface area contributed by atoms with E-state index in [0.29, 0.717) is 16.5 Å². The number of rotatable bonds is 6. The molecule has 0 saturated heterocycles. The lowest BCUT2D eigenvalue weighted by Gasteiger charge is -2.11. The van der Waals surface area contributed by atoms with Gasteiger partial charge in [-0.2, -0.15) is 0 Å². The zero-order valence-electron chi connectivity index (χ0n) is 13.3. The summed E-state index contributed by atoms with van der Waals surface area (Å²) in [5.41, 5.74) is 0.173. The van der Waals surface area contributed by atoms with Gasteiger partial charge in [0.15, 0.2) is 0 Å². The first-order chi connectivity index (χ1) is 11.9. The summed E-state index contributed by atoms with van der Waals surface area (Å²) < 4.78 is 5.62. The quantitative estimate of drug-likeness (QED) is 0.440. The maximum atomic E-state index is 12.4. The van der Waals surface area contributed by atoms with Crippen LogP contribution in [-0.2, 0) is 4.74 Å². The zero-order valence-corrected chi connectivity index (χ0v) is 14.9. The molecule has 8 heteroatoms. The molecule has 1 amide bonds. The molecule has 130 valence electrons. The summed E-state index contributed by atoms with van der Waals surface area (Å²) in [6, 6.07) is 10.3. The molecule has 7 nitrogen and oxygen atoms in total. The van der Waals surface area contributed by atoms with Crippen molar-refractivity contribution in [2.45, 2.75) is 13.3 Å². The third-order valence-electron chi connectivity index (χ3n) is 3.24. The molecule has 2 aromatic rings. The molecule has 0 radical (unpaired) electrons. The summed E-state index contributed by atoms with van der Waals surface area (Å²) >= 11 is 3.27. The number of anilines is 1. The summed E-state index contributed by atoms with van der Waals surface area (Å²) in [6.07, 6.45) is 0.636. The van der Waals surface area contributed by atoms with Crippen LogP contribution in [0.5, 0.6) is 0 Å². The van der Waals surface area contributed by atoms with Crippen LogP contribution in [-0.4, -0.2) is 23.4 Å². The normalized spacial score (nSPS) is 10.2. The molecular weight excluding hydrogens is 392 g/mol. The minimum absolute atomic E-state index is 0.0241. The number of halogens is 1. The van der Waals surface area contributed by atoms with Gasteiger partial charge in [0.05, 0.1) is 28.3 Å². The maximum absolute atomic E-state index is 12.4. The van der Waals surface area contributed by atoms with E-state index in [1.807, 2.05) is 6.92 Å². The second-order valence-corrected chi connectivity index (χ2v) is 5.91. The Morgan fingerprint density at radius 3 is 2.56 bits per heavy atom. The monoisotopic (exact) mass is 406 g/mol. The number of carbonyl (C=O) groups excluding carboxylic acids is 2. The SMILES string of the molecule is CCCOC(=O)c1ccc([N+](=O)[O-])cc1NC(=O)c1ccccc1Br. The number of hydrogen-bond acceptors (Lipinski definition) is 5. The number of nitro groups is 1. The fraction of sp³-hybridized carbons (Fsp3) is 0.176. The van der Waals surface area contributed by atoms with E-state index in [4.69, 9.17) is 4.74 Å². The van der Waals surface area contributed by atoms with Gasteiger partial charge in [0.25, 0.3) is 11.6 Å². The molecule has 0 aliphatic carbocycles. The Kier molecular flexibility index (Phi) is 6.24. The van der Waals surface area contributed by atoms with Gasteiger partial charge in [-0.1, -0.05) is 19.1 Å². The minimum Gasteiger partial charge on any atom is -0.462 e. The highest BCUT2D eigenvalue weighted by Gasteiger charge is 2.20. The van der Waals surface area contributed by atoms with Crippen LogP contribution < -0.4 is 5.32 Å². The van der Waals surface area contributed by atoms with Gasteiger partial charge in [0, 0.05) is 16.6 Å². The van der Waals surface area contributed by atoms with Crippen molar-refractivity contribution in [1.82, 2.24) is 0 Å². The Balaban J connectivity index is 2.37.